The summed E-state index contributed by atoms with van der Waals surface area (Å²) in [5.41, 5.74) is 1.02. The molecule has 0 saturated heterocycles. The van der Waals surface area contributed by atoms with Gasteiger partial charge in [0.1, 0.15) is 5.75 Å². The van der Waals surface area contributed by atoms with Crippen LogP contribution in [0.2, 0.25) is 0 Å². The molecule has 2 atom stereocenters. The van der Waals surface area contributed by atoms with Crippen LogP contribution in [-0.2, 0) is 4.79 Å². The Hall–Kier alpha value is -1.55. The van der Waals surface area contributed by atoms with Crippen molar-refractivity contribution in [2.45, 2.75) is 38.7 Å². The fraction of sp³-hybridized carbons (Fsp3) is 0.562. The van der Waals surface area contributed by atoms with Gasteiger partial charge in [-0.25, -0.2) is 0 Å². The van der Waals surface area contributed by atoms with Crippen LogP contribution in [0.5, 0.6) is 5.75 Å². The minimum absolute atomic E-state index is 0.0215. The maximum Gasteiger partial charge on any atom is 0.257 e. The van der Waals surface area contributed by atoms with E-state index in [-0.39, 0.29) is 24.5 Å². The number of ether oxygens (including phenoxy) is 1. The number of aliphatic hydroxyl groups is 1. The third-order valence-electron chi connectivity index (χ3n) is 3.88. The van der Waals surface area contributed by atoms with Gasteiger partial charge in [-0.05, 0) is 31.4 Å². The van der Waals surface area contributed by atoms with E-state index < -0.39 is 0 Å². The first-order valence-corrected chi connectivity index (χ1v) is 7.30. The Labute approximate surface area is 120 Å². The minimum atomic E-state index is -0.277. The van der Waals surface area contributed by atoms with E-state index in [1.165, 1.54) is 0 Å². The molecule has 1 aliphatic carbocycles. The SMILES string of the molecule is Cc1ccccc1OCC(=O)NCC1CCCCC1O. The number of amides is 1. The molecule has 0 aliphatic heterocycles. The Balaban J connectivity index is 1.71. The van der Waals surface area contributed by atoms with E-state index in [2.05, 4.69) is 5.32 Å². The summed E-state index contributed by atoms with van der Waals surface area (Å²) < 4.78 is 5.49. The molecule has 4 nitrogen and oxygen atoms in total. The van der Waals surface area contributed by atoms with Crippen molar-refractivity contribution in [2.24, 2.45) is 5.92 Å². The second-order valence-corrected chi connectivity index (χ2v) is 5.47. The maximum absolute atomic E-state index is 11.8. The molecular weight excluding hydrogens is 254 g/mol. The van der Waals surface area contributed by atoms with Gasteiger partial charge in [0.15, 0.2) is 6.61 Å². The number of hydrogen-bond donors (Lipinski definition) is 2. The fourth-order valence-corrected chi connectivity index (χ4v) is 2.58. The van der Waals surface area contributed by atoms with Gasteiger partial charge in [0, 0.05) is 12.5 Å². The molecule has 110 valence electrons. The lowest BCUT2D eigenvalue weighted by Gasteiger charge is -2.27. The van der Waals surface area contributed by atoms with Crippen LogP contribution in [0.3, 0.4) is 0 Å². The van der Waals surface area contributed by atoms with Crippen molar-refractivity contribution < 1.29 is 14.6 Å². The topological polar surface area (TPSA) is 58.6 Å². The summed E-state index contributed by atoms with van der Waals surface area (Å²) in [6.07, 6.45) is 3.78. The quantitative estimate of drug-likeness (QED) is 0.866. The Morgan fingerprint density at radius 2 is 2.10 bits per heavy atom. The number of aryl methyl sites for hydroxylation is 1. The van der Waals surface area contributed by atoms with Crippen LogP contribution in [0, 0.1) is 12.8 Å². The molecular formula is C16H23NO3. The van der Waals surface area contributed by atoms with Crippen LogP contribution in [0.25, 0.3) is 0 Å². The van der Waals surface area contributed by atoms with Crippen LogP contribution in [0.1, 0.15) is 31.2 Å². The van der Waals surface area contributed by atoms with E-state index in [1.54, 1.807) is 0 Å². The lowest BCUT2D eigenvalue weighted by atomic mass is 9.86. The molecule has 1 saturated carbocycles. The molecule has 2 unspecified atom stereocenters. The average Bonchev–Trinajstić information content (AvgIpc) is 2.45. The summed E-state index contributed by atoms with van der Waals surface area (Å²) in [6.45, 7) is 2.51. The number of rotatable bonds is 5. The summed E-state index contributed by atoms with van der Waals surface area (Å²) in [7, 11) is 0. The van der Waals surface area contributed by atoms with Crippen LogP contribution in [-0.4, -0.2) is 30.3 Å². The molecule has 0 bridgehead atoms. The second kappa shape index (κ2) is 7.29. The first-order chi connectivity index (χ1) is 9.66. The van der Waals surface area contributed by atoms with Crippen molar-refractivity contribution in [3.05, 3.63) is 29.8 Å². The molecule has 1 fully saturated rings. The van der Waals surface area contributed by atoms with Gasteiger partial charge in [0.05, 0.1) is 6.10 Å². The average molecular weight is 277 g/mol. The molecule has 2 rings (SSSR count). The van der Waals surface area contributed by atoms with Crippen LogP contribution < -0.4 is 10.1 Å². The third-order valence-corrected chi connectivity index (χ3v) is 3.88. The lowest BCUT2D eigenvalue weighted by molar-refractivity contribution is -0.123. The van der Waals surface area contributed by atoms with Gasteiger partial charge in [-0.3, -0.25) is 4.79 Å². The van der Waals surface area contributed by atoms with Crippen LogP contribution in [0.4, 0.5) is 0 Å². The zero-order chi connectivity index (χ0) is 14.4. The summed E-state index contributed by atoms with van der Waals surface area (Å²) in [4.78, 5) is 11.8. The van der Waals surface area contributed by atoms with Gasteiger partial charge in [-0.1, -0.05) is 31.0 Å². The Bertz CT molecular complexity index is 447. The third kappa shape index (κ3) is 4.23. The fourth-order valence-electron chi connectivity index (χ4n) is 2.58. The van der Waals surface area contributed by atoms with Crippen LogP contribution >= 0.6 is 0 Å². The van der Waals surface area contributed by atoms with E-state index in [9.17, 15) is 9.90 Å². The van der Waals surface area contributed by atoms with E-state index in [4.69, 9.17) is 4.74 Å². The van der Waals surface area contributed by atoms with Crippen molar-refractivity contribution >= 4 is 5.91 Å². The lowest BCUT2D eigenvalue weighted by Crippen LogP contribution is -2.38. The van der Waals surface area contributed by atoms with E-state index in [0.29, 0.717) is 6.54 Å². The highest BCUT2D eigenvalue weighted by Crippen LogP contribution is 2.23. The zero-order valence-electron chi connectivity index (χ0n) is 12.0. The van der Waals surface area contributed by atoms with Crippen molar-refractivity contribution in [1.29, 1.82) is 0 Å². The largest absolute Gasteiger partial charge is 0.484 e. The van der Waals surface area contributed by atoms with E-state index in [0.717, 1.165) is 37.0 Å². The molecule has 1 aromatic carbocycles. The van der Waals surface area contributed by atoms with E-state index >= 15 is 0 Å². The normalized spacial score (nSPS) is 22.3. The summed E-state index contributed by atoms with van der Waals surface area (Å²) >= 11 is 0. The highest BCUT2D eigenvalue weighted by molar-refractivity contribution is 5.77. The first kappa shape index (κ1) is 14.9. The highest BCUT2D eigenvalue weighted by atomic mass is 16.5. The Morgan fingerprint density at radius 1 is 1.35 bits per heavy atom. The molecule has 1 aliphatic rings. The zero-order valence-corrected chi connectivity index (χ0v) is 12.0. The molecule has 0 spiro atoms. The minimum Gasteiger partial charge on any atom is -0.484 e. The van der Waals surface area contributed by atoms with Crippen LogP contribution in [0.15, 0.2) is 24.3 Å². The van der Waals surface area contributed by atoms with Crippen molar-refractivity contribution in [3.8, 4) is 5.75 Å². The highest BCUT2D eigenvalue weighted by Gasteiger charge is 2.23. The van der Waals surface area contributed by atoms with Crippen molar-refractivity contribution in [2.75, 3.05) is 13.2 Å². The standard InChI is InChI=1S/C16H23NO3/c1-12-6-2-5-9-15(12)20-11-16(19)17-10-13-7-3-4-8-14(13)18/h2,5-6,9,13-14,18H,3-4,7-8,10-11H2,1H3,(H,17,19). The molecule has 20 heavy (non-hydrogen) atoms. The predicted molar refractivity (Wildman–Crippen MR) is 77.6 cm³/mol. The second-order valence-electron chi connectivity index (χ2n) is 5.47. The van der Waals surface area contributed by atoms with Crippen molar-refractivity contribution in [1.82, 2.24) is 5.32 Å². The first-order valence-electron chi connectivity index (χ1n) is 7.30. The predicted octanol–water partition coefficient (Wildman–Crippen LogP) is 2.04. The molecule has 1 amide bonds. The number of hydrogen-bond acceptors (Lipinski definition) is 3. The smallest absolute Gasteiger partial charge is 0.257 e. The molecule has 0 aromatic heterocycles. The molecule has 4 heteroatoms. The summed E-state index contributed by atoms with van der Waals surface area (Å²) in [6, 6.07) is 7.63. The van der Waals surface area contributed by atoms with Gasteiger partial charge in [0.2, 0.25) is 0 Å². The summed E-state index contributed by atoms with van der Waals surface area (Å²) in [5, 5.41) is 12.7. The molecule has 0 heterocycles. The molecule has 0 radical (unpaired) electrons. The van der Waals surface area contributed by atoms with Crippen molar-refractivity contribution in [3.63, 3.8) is 0 Å². The van der Waals surface area contributed by atoms with Gasteiger partial charge >= 0.3 is 0 Å². The van der Waals surface area contributed by atoms with Gasteiger partial charge in [-0.15, -0.1) is 0 Å². The Kier molecular flexibility index (Phi) is 5.41. The number of aliphatic hydroxyl groups excluding tert-OH is 1. The number of carbonyl (C=O) groups is 1. The monoisotopic (exact) mass is 277 g/mol. The number of para-hydroxylation sites is 1. The molecule has 2 N–H and O–H groups in total. The van der Waals surface area contributed by atoms with E-state index in [1.807, 2.05) is 31.2 Å². The molecule has 1 aromatic rings. The van der Waals surface area contributed by atoms with Gasteiger partial charge in [-0.2, -0.15) is 0 Å². The summed E-state index contributed by atoms with van der Waals surface area (Å²) in [5.74, 6) is 0.789. The maximum atomic E-state index is 11.8. The number of benzene rings is 1. The Morgan fingerprint density at radius 3 is 2.85 bits per heavy atom. The van der Waals surface area contributed by atoms with Gasteiger partial charge in [0.25, 0.3) is 5.91 Å². The number of carbonyl (C=O) groups excluding carboxylic acids is 1. The number of nitrogens with one attached hydrogen (secondary N) is 1. The van der Waals surface area contributed by atoms with Gasteiger partial charge < -0.3 is 15.2 Å².